The van der Waals surface area contributed by atoms with E-state index >= 15 is 0 Å². The molecule has 1 nitrogen and oxygen atoms in total. The highest BCUT2D eigenvalue weighted by Gasteiger charge is 2.08. The van der Waals surface area contributed by atoms with Gasteiger partial charge in [0.1, 0.15) is 0 Å². The number of hydrogen-bond donors (Lipinski definition) is 0. The standard InChI is InChI=1S/C11H25N/c1-5-7-8-10-11(9-6-2)12(3)4/h11H,5-10H2,1-4H3. The van der Waals surface area contributed by atoms with Crippen molar-refractivity contribution < 1.29 is 0 Å². The maximum absolute atomic E-state index is 2.37. The van der Waals surface area contributed by atoms with Gasteiger partial charge in [0.05, 0.1) is 0 Å². The second-order valence-electron chi connectivity index (χ2n) is 3.90. The average molecular weight is 171 g/mol. The molecule has 0 aliphatic carbocycles. The van der Waals surface area contributed by atoms with Crippen molar-refractivity contribution >= 4 is 0 Å². The van der Waals surface area contributed by atoms with Gasteiger partial charge in [0.2, 0.25) is 0 Å². The minimum Gasteiger partial charge on any atom is -0.306 e. The zero-order valence-electron chi connectivity index (χ0n) is 9.27. The van der Waals surface area contributed by atoms with Gasteiger partial charge in [-0.05, 0) is 26.9 Å². The highest BCUT2D eigenvalue weighted by atomic mass is 15.1. The number of hydrogen-bond acceptors (Lipinski definition) is 1. The molecule has 0 rings (SSSR count). The van der Waals surface area contributed by atoms with Crippen LogP contribution in [0.25, 0.3) is 0 Å². The Morgan fingerprint density at radius 1 is 0.917 bits per heavy atom. The highest BCUT2D eigenvalue weighted by Crippen LogP contribution is 2.12. The molecular weight excluding hydrogens is 146 g/mol. The fourth-order valence-electron chi connectivity index (χ4n) is 1.62. The number of unbranched alkanes of at least 4 members (excludes halogenated alkanes) is 2. The largest absolute Gasteiger partial charge is 0.306 e. The Kier molecular flexibility index (Phi) is 7.58. The van der Waals surface area contributed by atoms with Crippen LogP contribution in [-0.2, 0) is 0 Å². The Labute approximate surface area is 78.1 Å². The Hall–Kier alpha value is -0.0400. The zero-order chi connectivity index (χ0) is 9.40. The van der Waals surface area contributed by atoms with Gasteiger partial charge >= 0.3 is 0 Å². The summed E-state index contributed by atoms with van der Waals surface area (Å²) < 4.78 is 0. The molecule has 12 heavy (non-hydrogen) atoms. The topological polar surface area (TPSA) is 3.24 Å². The van der Waals surface area contributed by atoms with Crippen molar-refractivity contribution in [3.8, 4) is 0 Å². The summed E-state index contributed by atoms with van der Waals surface area (Å²) in [7, 11) is 4.40. The van der Waals surface area contributed by atoms with Gasteiger partial charge < -0.3 is 4.90 Å². The van der Waals surface area contributed by atoms with Crippen molar-refractivity contribution in [3.63, 3.8) is 0 Å². The van der Waals surface area contributed by atoms with Crippen molar-refractivity contribution in [2.45, 2.75) is 58.4 Å². The van der Waals surface area contributed by atoms with Crippen molar-refractivity contribution in [1.29, 1.82) is 0 Å². The molecule has 1 heteroatoms. The normalized spacial score (nSPS) is 13.8. The van der Waals surface area contributed by atoms with Crippen molar-refractivity contribution in [1.82, 2.24) is 4.90 Å². The second-order valence-corrected chi connectivity index (χ2v) is 3.90. The van der Waals surface area contributed by atoms with E-state index in [2.05, 4.69) is 32.8 Å². The summed E-state index contributed by atoms with van der Waals surface area (Å²) in [5.41, 5.74) is 0. The van der Waals surface area contributed by atoms with E-state index in [1.165, 1.54) is 38.5 Å². The van der Waals surface area contributed by atoms with E-state index in [4.69, 9.17) is 0 Å². The Balaban J connectivity index is 3.49. The van der Waals surface area contributed by atoms with Crippen molar-refractivity contribution in [3.05, 3.63) is 0 Å². The van der Waals surface area contributed by atoms with Crippen molar-refractivity contribution in [2.24, 2.45) is 0 Å². The monoisotopic (exact) mass is 171 g/mol. The first kappa shape index (κ1) is 12.0. The molecule has 0 aliphatic rings. The summed E-state index contributed by atoms with van der Waals surface area (Å²) in [6.45, 7) is 4.54. The maximum atomic E-state index is 2.37. The van der Waals surface area contributed by atoms with Gasteiger partial charge in [-0.15, -0.1) is 0 Å². The predicted octanol–water partition coefficient (Wildman–Crippen LogP) is 3.30. The molecular formula is C11H25N. The van der Waals surface area contributed by atoms with E-state index in [0.717, 1.165) is 6.04 Å². The summed E-state index contributed by atoms with van der Waals surface area (Å²) in [6, 6.07) is 0.821. The van der Waals surface area contributed by atoms with E-state index in [1.54, 1.807) is 0 Å². The molecule has 0 amide bonds. The molecule has 1 atom stereocenters. The smallest absolute Gasteiger partial charge is 0.00890 e. The highest BCUT2D eigenvalue weighted by molar-refractivity contribution is 4.65. The molecule has 0 aromatic heterocycles. The van der Waals surface area contributed by atoms with E-state index in [0.29, 0.717) is 0 Å². The first-order valence-corrected chi connectivity index (χ1v) is 5.38. The van der Waals surface area contributed by atoms with E-state index in [9.17, 15) is 0 Å². The van der Waals surface area contributed by atoms with Gasteiger partial charge in [0.25, 0.3) is 0 Å². The average Bonchev–Trinajstić information content (AvgIpc) is 2.03. The molecule has 1 unspecified atom stereocenters. The maximum Gasteiger partial charge on any atom is 0.00890 e. The quantitative estimate of drug-likeness (QED) is 0.531. The summed E-state index contributed by atoms with van der Waals surface area (Å²) in [6.07, 6.45) is 8.19. The fourth-order valence-corrected chi connectivity index (χ4v) is 1.62. The number of rotatable bonds is 7. The Bertz CT molecular complexity index is 89.0. The van der Waals surface area contributed by atoms with Crippen LogP contribution in [0.5, 0.6) is 0 Å². The molecule has 0 spiro atoms. The van der Waals surface area contributed by atoms with Gasteiger partial charge in [-0.1, -0.05) is 39.5 Å². The van der Waals surface area contributed by atoms with Crippen LogP contribution >= 0.6 is 0 Å². The van der Waals surface area contributed by atoms with Crippen LogP contribution in [0.15, 0.2) is 0 Å². The third-order valence-corrected chi connectivity index (χ3v) is 2.49. The van der Waals surface area contributed by atoms with Crippen LogP contribution in [0.2, 0.25) is 0 Å². The molecule has 0 heterocycles. The van der Waals surface area contributed by atoms with Gasteiger partial charge in [-0.3, -0.25) is 0 Å². The lowest BCUT2D eigenvalue weighted by atomic mass is 10.0. The van der Waals surface area contributed by atoms with Crippen LogP contribution in [-0.4, -0.2) is 25.0 Å². The minimum atomic E-state index is 0.821. The van der Waals surface area contributed by atoms with Gasteiger partial charge in [0, 0.05) is 6.04 Å². The molecule has 0 saturated heterocycles. The lowest BCUT2D eigenvalue weighted by Gasteiger charge is -2.23. The SMILES string of the molecule is CCCCCC(CCC)N(C)C. The lowest BCUT2D eigenvalue weighted by Crippen LogP contribution is -2.27. The summed E-state index contributed by atoms with van der Waals surface area (Å²) in [4.78, 5) is 2.37. The molecule has 0 aromatic carbocycles. The van der Waals surface area contributed by atoms with Crippen LogP contribution < -0.4 is 0 Å². The van der Waals surface area contributed by atoms with Crippen LogP contribution in [0.1, 0.15) is 52.4 Å². The molecule has 74 valence electrons. The molecule has 0 aliphatic heterocycles. The number of nitrogens with zero attached hydrogens (tertiary/aromatic N) is 1. The van der Waals surface area contributed by atoms with E-state index in [1.807, 2.05) is 0 Å². The van der Waals surface area contributed by atoms with Crippen LogP contribution in [0.4, 0.5) is 0 Å². The molecule has 0 fully saturated rings. The van der Waals surface area contributed by atoms with Crippen LogP contribution in [0.3, 0.4) is 0 Å². The Morgan fingerprint density at radius 2 is 1.58 bits per heavy atom. The summed E-state index contributed by atoms with van der Waals surface area (Å²) in [5.74, 6) is 0. The summed E-state index contributed by atoms with van der Waals surface area (Å²) in [5, 5.41) is 0. The fraction of sp³-hybridized carbons (Fsp3) is 1.00. The third-order valence-electron chi connectivity index (χ3n) is 2.49. The molecule has 0 bridgehead atoms. The predicted molar refractivity (Wildman–Crippen MR) is 56.5 cm³/mol. The molecule has 0 radical (unpaired) electrons. The first-order valence-electron chi connectivity index (χ1n) is 5.38. The van der Waals surface area contributed by atoms with Gasteiger partial charge in [0.15, 0.2) is 0 Å². The van der Waals surface area contributed by atoms with Gasteiger partial charge in [-0.2, -0.15) is 0 Å². The molecule has 0 aromatic rings. The summed E-state index contributed by atoms with van der Waals surface area (Å²) >= 11 is 0. The first-order chi connectivity index (χ1) is 5.72. The molecule has 0 saturated carbocycles. The zero-order valence-corrected chi connectivity index (χ0v) is 9.27. The Morgan fingerprint density at radius 3 is 2.00 bits per heavy atom. The van der Waals surface area contributed by atoms with Gasteiger partial charge in [-0.25, -0.2) is 0 Å². The molecule has 0 N–H and O–H groups in total. The van der Waals surface area contributed by atoms with E-state index < -0.39 is 0 Å². The second kappa shape index (κ2) is 7.60. The van der Waals surface area contributed by atoms with E-state index in [-0.39, 0.29) is 0 Å². The minimum absolute atomic E-state index is 0.821. The third kappa shape index (κ3) is 5.59. The van der Waals surface area contributed by atoms with Crippen LogP contribution in [0, 0.1) is 0 Å². The van der Waals surface area contributed by atoms with Crippen molar-refractivity contribution in [2.75, 3.05) is 14.1 Å². The lowest BCUT2D eigenvalue weighted by molar-refractivity contribution is 0.256.